The molecule has 0 radical (unpaired) electrons. The van der Waals surface area contributed by atoms with Crippen LogP contribution in [0.3, 0.4) is 0 Å². The number of hydrogen-bond donors (Lipinski definition) is 0. The average molecular weight is 303 g/mol. The molecule has 0 unspecified atom stereocenters. The highest BCUT2D eigenvalue weighted by molar-refractivity contribution is 7.94. The van der Waals surface area contributed by atoms with Gasteiger partial charge in [0.1, 0.15) is 0 Å². The van der Waals surface area contributed by atoms with Crippen LogP contribution in [0.1, 0.15) is 11.1 Å². The average Bonchev–Trinajstić information content (AvgIpc) is 2.47. The molecule has 0 heterocycles. The second-order valence-electron chi connectivity index (χ2n) is 4.51. The standard InChI is InChI=1S/C15H13NO4S/c1-12-2-4-13(5-3-12)10-11-21(19,20)15-8-6-14(7-9-15)16(17)18/h2-11H,1H3/b11-10+. The lowest BCUT2D eigenvalue weighted by Gasteiger charge is -1.99. The summed E-state index contributed by atoms with van der Waals surface area (Å²) in [4.78, 5) is 10.00. The van der Waals surface area contributed by atoms with E-state index in [2.05, 4.69) is 0 Å². The SMILES string of the molecule is Cc1ccc(/C=C/S(=O)(=O)c2ccc([N+](=O)[O-])cc2)cc1. The van der Waals surface area contributed by atoms with Gasteiger partial charge in [0, 0.05) is 17.5 Å². The fourth-order valence-electron chi connectivity index (χ4n) is 1.68. The Hall–Kier alpha value is -2.47. The second kappa shape index (κ2) is 5.88. The van der Waals surface area contributed by atoms with E-state index in [-0.39, 0.29) is 10.6 Å². The molecule has 0 aliphatic heterocycles. The first-order chi connectivity index (χ1) is 9.88. The fraction of sp³-hybridized carbons (Fsp3) is 0.0667. The van der Waals surface area contributed by atoms with Crippen molar-refractivity contribution in [2.24, 2.45) is 0 Å². The number of hydrogen-bond acceptors (Lipinski definition) is 4. The number of nitrogens with zero attached hydrogens (tertiary/aromatic N) is 1. The van der Waals surface area contributed by atoms with Crippen molar-refractivity contribution >= 4 is 21.6 Å². The molecule has 0 N–H and O–H groups in total. The summed E-state index contributed by atoms with van der Waals surface area (Å²) in [5.74, 6) is 0. The Balaban J connectivity index is 2.25. The monoisotopic (exact) mass is 303 g/mol. The smallest absolute Gasteiger partial charge is 0.258 e. The summed E-state index contributed by atoms with van der Waals surface area (Å²) in [6, 6.07) is 12.2. The molecule has 5 nitrogen and oxygen atoms in total. The molecule has 0 fully saturated rings. The third-order valence-electron chi connectivity index (χ3n) is 2.89. The van der Waals surface area contributed by atoms with Gasteiger partial charge in [-0.15, -0.1) is 0 Å². The number of nitro benzene ring substituents is 1. The molecule has 2 aromatic carbocycles. The summed E-state index contributed by atoms with van der Waals surface area (Å²) < 4.78 is 24.2. The Morgan fingerprint density at radius 1 is 1.00 bits per heavy atom. The van der Waals surface area contributed by atoms with Crippen LogP contribution in [0.15, 0.2) is 58.8 Å². The molecule has 0 saturated carbocycles. The maximum Gasteiger partial charge on any atom is 0.269 e. The van der Waals surface area contributed by atoms with Crippen LogP contribution in [0.2, 0.25) is 0 Å². The number of non-ortho nitro benzene ring substituents is 1. The van der Waals surface area contributed by atoms with Gasteiger partial charge in [0.2, 0.25) is 0 Å². The largest absolute Gasteiger partial charge is 0.269 e. The van der Waals surface area contributed by atoms with Gasteiger partial charge in [0.05, 0.1) is 9.82 Å². The first-order valence-electron chi connectivity index (χ1n) is 6.13. The van der Waals surface area contributed by atoms with Gasteiger partial charge in [-0.2, -0.15) is 0 Å². The number of aryl methyl sites for hydroxylation is 1. The lowest BCUT2D eigenvalue weighted by Crippen LogP contribution is -1.96. The topological polar surface area (TPSA) is 77.3 Å². The van der Waals surface area contributed by atoms with Crippen molar-refractivity contribution in [2.75, 3.05) is 0 Å². The molecule has 2 aromatic rings. The van der Waals surface area contributed by atoms with Crippen LogP contribution in [-0.4, -0.2) is 13.3 Å². The Labute approximate surface area is 122 Å². The third kappa shape index (κ3) is 3.76. The van der Waals surface area contributed by atoms with Crippen LogP contribution in [-0.2, 0) is 9.84 Å². The van der Waals surface area contributed by atoms with Crippen molar-refractivity contribution in [2.45, 2.75) is 11.8 Å². The van der Waals surface area contributed by atoms with Gasteiger partial charge in [-0.05, 0) is 30.7 Å². The van der Waals surface area contributed by atoms with Crippen molar-refractivity contribution in [3.63, 3.8) is 0 Å². The van der Waals surface area contributed by atoms with Crippen molar-refractivity contribution in [1.29, 1.82) is 0 Å². The van der Waals surface area contributed by atoms with Gasteiger partial charge < -0.3 is 0 Å². The van der Waals surface area contributed by atoms with Crippen LogP contribution in [0.4, 0.5) is 5.69 Å². The molecule has 108 valence electrons. The highest BCUT2D eigenvalue weighted by Gasteiger charge is 2.12. The summed E-state index contributed by atoms with van der Waals surface area (Å²) >= 11 is 0. The Morgan fingerprint density at radius 2 is 1.57 bits per heavy atom. The molecule has 0 spiro atoms. The van der Waals surface area contributed by atoms with E-state index >= 15 is 0 Å². The van der Waals surface area contributed by atoms with Gasteiger partial charge in [-0.3, -0.25) is 10.1 Å². The van der Waals surface area contributed by atoms with Crippen molar-refractivity contribution < 1.29 is 13.3 Å². The van der Waals surface area contributed by atoms with Gasteiger partial charge in [-0.25, -0.2) is 8.42 Å². The maximum absolute atomic E-state index is 12.1. The minimum absolute atomic E-state index is 0.0245. The van der Waals surface area contributed by atoms with Gasteiger partial charge in [0.25, 0.3) is 5.69 Å². The molecule has 2 rings (SSSR count). The maximum atomic E-state index is 12.1. The zero-order valence-corrected chi connectivity index (χ0v) is 12.1. The highest BCUT2D eigenvalue weighted by Crippen LogP contribution is 2.18. The van der Waals surface area contributed by atoms with Crippen molar-refractivity contribution in [3.05, 3.63) is 75.2 Å². The van der Waals surface area contributed by atoms with Gasteiger partial charge in [-0.1, -0.05) is 29.8 Å². The van der Waals surface area contributed by atoms with Gasteiger partial charge >= 0.3 is 0 Å². The molecule has 21 heavy (non-hydrogen) atoms. The molecule has 0 atom stereocenters. The number of benzene rings is 2. The van der Waals surface area contributed by atoms with E-state index in [9.17, 15) is 18.5 Å². The van der Waals surface area contributed by atoms with E-state index < -0.39 is 14.8 Å². The predicted octanol–water partition coefficient (Wildman–Crippen LogP) is 3.35. The number of sulfone groups is 1. The minimum atomic E-state index is -3.61. The second-order valence-corrected chi connectivity index (χ2v) is 6.34. The molecule has 6 heteroatoms. The first-order valence-corrected chi connectivity index (χ1v) is 7.67. The highest BCUT2D eigenvalue weighted by atomic mass is 32.2. The first kappa shape index (κ1) is 14.9. The Morgan fingerprint density at radius 3 is 2.10 bits per heavy atom. The molecule has 0 aromatic heterocycles. The molecule has 0 saturated heterocycles. The van der Waals surface area contributed by atoms with E-state index in [1.807, 2.05) is 31.2 Å². The molecule has 0 aliphatic carbocycles. The lowest BCUT2D eigenvalue weighted by molar-refractivity contribution is -0.384. The van der Waals surface area contributed by atoms with Gasteiger partial charge in [0.15, 0.2) is 9.84 Å². The molecule has 0 amide bonds. The lowest BCUT2D eigenvalue weighted by atomic mass is 10.2. The minimum Gasteiger partial charge on any atom is -0.258 e. The summed E-state index contributed by atoms with van der Waals surface area (Å²) in [5, 5.41) is 11.6. The number of rotatable bonds is 4. The molecule has 0 aliphatic rings. The van der Waals surface area contributed by atoms with E-state index in [1.54, 1.807) is 0 Å². The normalized spacial score (nSPS) is 11.7. The summed E-state index contributed by atoms with van der Waals surface area (Å²) in [7, 11) is -3.61. The van der Waals surface area contributed by atoms with E-state index in [1.165, 1.54) is 30.3 Å². The van der Waals surface area contributed by atoms with Crippen molar-refractivity contribution in [1.82, 2.24) is 0 Å². The molecular formula is C15H13NO4S. The summed E-state index contributed by atoms with van der Waals surface area (Å²) in [5.41, 5.74) is 1.72. The van der Waals surface area contributed by atoms with Crippen LogP contribution < -0.4 is 0 Å². The van der Waals surface area contributed by atoms with E-state index in [0.717, 1.165) is 16.5 Å². The van der Waals surface area contributed by atoms with E-state index in [0.29, 0.717) is 0 Å². The van der Waals surface area contributed by atoms with Crippen LogP contribution in [0.5, 0.6) is 0 Å². The van der Waals surface area contributed by atoms with E-state index in [4.69, 9.17) is 0 Å². The molecule has 0 bridgehead atoms. The zero-order chi connectivity index (χ0) is 15.5. The predicted molar refractivity (Wildman–Crippen MR) is 80.5 cm³/mol. The summed E-state index contributed by atoms with van der Waals surface area (Å²) in [6.07, 6.45) is 1.50. The third-order valence-corrected chi connectivity index (χ3v) is 4.32. The quantitative estimate of drug-likeness (QED) is 0.641. The number of nitro groups is 1. The Kier molecular flexibility index (Phi) is 4.18. The van der Waals surface area contributed by atoms with Crippen molar-refractivity contribution in [3.8, 4) is 0 Å². The zero-order valence-electron chi connectivity index (χ0n) is 11.3. The fourth-order valence-corrected chi connectivity index (χ4v) is 2.69. The van der Waals surface area contributed by atoms with Crippen LogP contribution >= 0.6 is 0 Å². The summed E-state index contributed by atoms with van der Waals surface area (Å²) in [6.45, 7) is 1.95. The van der Waals surface area contributed by atoms with Crippen LogP contribution in [0.25, 0.3) is 6.08 Å². The molecular weight excluding hydrogens is 290 g/mol. The van der Waals surface area contributed by atoms with Crippen LogP contribution in [0, 0.1) is 17.0 Å². The Bertz CT molecular complexity index is 775.